The molecule has 4 rings (SSSR count). The van der Waals surface area contributed by atoms with E-state index in [2.05, 4.69) is 15.5 Å². The first kappa shape index (κ1) is 22.9. The van der Waals surface area contributed by atoms with Crippen molar-refractivity contribution in [1.82, 2.24) is 10.2 Å². The number of fused-ring (bicyclic) bond motifs is 1. The lowest BCUT2D eigenvalue weighted by Gasteiger charge is -2.35. The molecule has 3 amide bonds. The predicted octanol–water partition coefficient (Wildman–Crippen LogP) is 3.54. The number of urea groups is 1. The largest absolute Gasteiger partial charge is 0.508 e. The van der Waals surface area contributed by atoms with Gasteiger partial charge in [-0.25, -0.2) is 4.79 Å². The fourth-order valence-corrected chi connectivity index (χ4v) is 4.33. The maximum Gasteiger partial charge on any atom is 0.325 e. The van der Waals surface area contributed by atoms with Crippen molar-refractivity contribution in [3.05, 3.63) is 48.0 Å². The molecule has 8 nitrogen and oxygen atoms in total. The summed E-state index contributed by atoms with van der Waals surface area (Å²) in [6, 6.07) is 11.6. The summed E-state index contributed by atoms with van der Waals surface area (Å²) in [5, 5.41) is 14.5. The number of amides is 3. The van der Waals surface area contributed by atoms with Gasteiger partial charge in [-0.15, -0.1) is 0 Å². The minimum atomic E-state index is -0.563. The Kier molecular flexibility index (Phi) is 7.34. The number of carbonyl (C=O) groups excluding carboxylic acids is 2. The number of hydrogen-bond acceptors (Lipinski definition) is 6. The molecule has 0 aromatic heterocycles. The molecule has 0 bridgehead atoms. The van der Waals surface area contributed by atoms with Crippen LogP contribution in [0.3, 0.4) is 0 Å². The maximum absolute atomic E-state index is 12.6. The van der Waals surface area contributed by atoms with E-state index in [-0.39, 0.29) is 11.9 Å². The van der Waals surface area contributed by atoms with Crippen molar-refractivity contribution in [3.63, 3.8) is 0 Å². The Labute approximate surface area is 193 Å². The number of rotatable bonds is 6. The molecular weight excluding hydrogens is 422 g/mol. The van der Waals surface area contributed by atoms with Gasteiger partial charge in [0.05, 0.1) is 6.04 Å². The molecule has 0 aliphatic carbocycles. The van der Waals surface area contributed by atoms with E-state index in [4.69, 9.17) is 9.47 Å². The van der Waals surface area contributed by atoms with E-state index < -0.39 is 6.03 Å². The number of aryl methyl sites for hydroxylation is 1. The van der Waals surface area contributed by atoms with Gasteiger partial charge in [0.2, 0.25) is 5.91 Å². The lowest BCUT2D eigenvalue weighted by atomic mass is 9.90. The lowest BCUT2D eigenvalue weighted by Crippen LogP contribution is -2.50. The molecule has 2 aromatic carbocycles. The van der Waals surface area contributed by atoms with Gasteiger partial charge >= 0.3 is 6.03 Å². The number of nitrogens with zero attached hydrogens (tertiary/aromatic N) is 1. The lowest BCUT2D eigenvalue weighted by molar-refractivity contribution is -0.125. The number of aromatic hydroxyl groups is 1. The summed E-state index contributed by atoms with van der Waals surface area (Å²) in [6.45, 7) is 4.47. The SMILES string of the molecule is CC(C(=O)NC(=O)Nc1ccc2c(c1)OCCO2)N1CCC(CCc2ccc(O)cc2)CC1. The molecular formula is C25H31N3O5. The first-order valence-corrected chi connectivity index (χ1v) is 11.5. The second kappa shape index (κ2) is 10.6. The fourth-order valence-electron chi connectivity index (χ4n) is 4.33. The van der Waals surface area contributed by atoms with Gasteiger partial charge in [-0.3, -0.25) is 15.0 Å². The normalized spacial score (nSPS) is 17.2. The Hall–Kier alpha value is -3.26. The first-order valence-electron chi connectivity index (χ1n) is 11.5. The summed E-state index contributed by atoms with van der Waals surface area (Å²) >= 11 is 0. The quantitative estimate of drug-likeness (QED) is 0.619. The van der Waals surface area contributed by atoms with Crippen molar-refractivity contribution in [2.45, 2.75) is 38.6 Å². The monoisotopic (exact) mass is 453 g/mol. The van der Waals surface area contributed by atoms with Crippen LogP contribution in [0.15, 0.2) is 42.5 Å². The van der Waals surface area contributed by atoms with Crippen molar-refractivity contribution in [3.8, 4) is 17.2 Å². The van der Waals surface area contributed by atoms with E-state index in [0.717, 1.165) is 38.8 Å². The average molecular weight is 454 g/mol. The van der Waals surface area contributed by atoms with Crippen LogP contribution in [0, 0.1) is 5.92 Å². The molecule has 33 heavy (non-hydrogen) atoms. The molecule has 8 heteroatoms. The Morgan fingerprint density at radius 1 is 1.06 bits per heavy atom. The number of phenols is 1. The van der Waals surface area contributed by atoms with E-state index >= 15 is 0 Å². The van der Waals surface area contributed by atoms with Crippen LogP contribution in [0.25, 0.3) is 0 Å². The zero-order valence-corrected chi connectivity index (χ0v) is 18.9. The molecule has 2 aromatic rings. The minimum absolute atomic E-state index is 0.291. The van der Waals surface area contributed by atoms with Crippen molar-refractivity contribution >= 4 is 17.6 Å². The van der Waals surface area contributed by atoms with Gasteiger partial charge in [-0.05, 0) is 81.4 Å². The molecule has 1 unspecified atom stereocenters. The van der Waals surface area contributed by atoms with Gasteiger partial charge < -0.3 is 19.9 Å². The van der Waals surface area contributed by atoms with Crippen molar-refractivity contribution in [1.29, 1.82) is 0 Å². The topological polar surface area (TPSA) is 100 Å². The van der Waals surface area contributed by atoms with E-state index in [0.29, 0.717) is 42.1 Å². The van der Waals surface area contributed by atoms with Gasteiger partial charge in [0.1, 0.15) is 19.0 Å². The number of likely N-dealkylation sites (tertiary alicyclic amines) is 1. The van der Waals surface area contributed by atoms with Crippen LogP contribution >= 0.6 is 0 Å². The average Bonchev–Trinajstić information content (AvgIpc) is 2.83. The molecule has 1 saturated heterocycles. The van der Waals surface area contributed by atoms with Crippen LogP contribution in [0.4, 0.5) is 10.5 Å². The van der Waals surface area contributed by atoms with Crippen LogP contribution < -0.4 is 20.1 Å². The number of nitrogens with one attached hydrogen (secondary N) is 2. The summed E-state index contributed by atoms with van der Waals surface area (Å²) in [5.74, 6) is 1.81. The molecule has 2 aliphatic rings. The Bertz CT molecular complexity index is 971. The van der Waals surface area contributed by atoms with Gasteiger partial charge in [0, 0.05) is 11.8 Å². The zero-order valence-electron chi connectivity index (χ0n) is 18.9. The summed E-state index contributed by atoms with van der Waals surface area (Å²) in [7, 11) is 0. The summed E-state index contributed by atoms with van der Waals surface area (Å²) in [5.41, 5.74) is 1.76. The molecule has 3 N–H and O–H groups in total. The maximum atomic E-state index is 12.6. The van der Waals surface area contributed by atoms with Crippen LogP contribution in [0.1, 0.15) is 31.7 Å². The van der Waals surface area contributed by atoms with Gasteiger partial charge in [-0.1, -0.05) is 12.1 Å². The standard InChI is InChI=1S/C25H31N3O5/c1-17(28-12-10-19(11-13-28)3-2-18-4-7-21(29)8-5-18)24(30)27-25(31)26-20-6-9-22-23(16-20)33-15-14-32-22/h4-9,16-17,19,29H,2-3,10-15H2,1H3,(H2,26,27,30,31). The van der Waals surface area contributed by atoms with E-state index in [1.807, 2.05) is 19.1 Å². The number of hydrogen-bond donors (Lipinski definition) is 3. The molecule has 2 aliphatic heterocycles. The third-order valence-corrected chi connectivity index (χ3v) is 6.39. The van der Waals surface area contributed by atoms with Crippen molar-refractivity contribution in [2.75, 3.05) is 31.6 Å². The highest BCUT2D eigenvalue weighted by Gasteiger charge is 2.27. The van der Waals surface area contributed by atoms with Gasteiger partial charge in [0.15, 0.2) is 11.5 Å². The third-order valence-electron chi connectivity index (χ3n) is 6.39. The zero-order chi connectivity index (χ0) is 23.2. The minimum Gasteiger partial charge on any atom is -0.508 e. The third kappa shape index (κ3) is 6.16. The molecule has 1 atom stereocenters. The smallest absolute Gasteiger partial charge is 0.325 e. The number of ether oxygens (including phenoxy) is 2. The molecule has 0 saturated carbocycles. The number of benzene rings is 2. The van der Waals surface area contributed by atoms with E-state index in [1.54, 1.807) is 30.3 Å². The van der Waals surface area contributed by atoms with Gasteiger partial charge in [-0.2, -0.15) is 0 Å². The molecule has 0 spiro atoms. The molecule has 1 fully saturated rings. The van der Waals surface area contributed by atoms with Crippen LogP contribution in [0.2, 0.25) is 0 Å². The number of carbonyl (C=O) groups is 2. The van der Waals surface area contributed by atoms with Crippen molar-refractivity contribution in [2.24, 2.45) is 5.92 Å². The Balaban J connectivity index is 1.20. The number of phenolic OH excluding ortho intramolecular Hbond substituents is 1. The van der Waals surface area contributed by atoms with E-state index in [1.165, 1.54) is 5.56 Å². The Morgan fingerprint density at radius 2 is 1.76 bits per heavy atom. The molecule has 0 radical (unpaired) electrons. The highest BCUT2D eigenvalue weighted by atomic mass is 16.6. The summed E-state index contributed by atoms with van der Waals surface area (Å²) in [4.78, 5) is 27.1. The fraction of sp³-hybridized carbons (Fsp3) is 0.440. The predicted molar refractivity (Wildman–Crippen MR) is 125 cm³/mol. The number of anilines is 1. The highest BCUT2D eigenvalue weighted by Crippen LogP contribution is 2.32. The first-order chi connectivity index (χ1) is 16.0. The Morgan fingerprint density at radius 3 is 2.48 bits per heavy atom. The molecule has 176 valence electrons. The molecule has 2 heterocycles. The van der Waals surface area contributed by atoms with E-state index in [9.17, 15) is 14.7 Å². The second-order valence-electron chi connectivity index (χ2n) is 8.66. The summed E-state index contributed by atoms with van der Waals surface area (Å²) < 4.78 is 11.0. The second-order valence-corrected chi connectivity index (χ2v) is 8.66. The summed E-state index contributed by atoms with van der Waals surface area (Å²) in [6.07, 6.45) is 4.14. The van der Waals surface area contributed by atoms with Crippen molar-refractivity contribution < 1.29 is 24.2 Å². The number of piperidine rings is 1. The van der Waals surface area contributed by atoms with Gasteiger partial charge in [0.25, 0.3) is 0 Å². The highest BCUT2D eigenvalue weighted by molar-refractivity contribution is 6.02. The number of imide groups is 1. The van der Waals surface area contributed by atoms with Crippen LogP contribution in [-0.4, -0.2) is 54.3 Å². The van der Waals surface area contributed by atoms with Crippen LogP contribution in [-0.2, 0) is 11.2 Å². The van der Waals surface area contributed by atoms with Crippen LogP contribution in [0.5, 0.6) is 17.2 Å².